The van der Waals surface area contributed by atoms with E-state index < -0.39 is 0 Å². The van der Waals surface area contributed by atoms with Crippen molar-refractivity contribution < 1.29 is 4.74 Å². The SMILES string of the molecule is CCCC/C=C/C=C(/O/C(=C/C=C/CCCC)C(C)C)C(C)C. The van der Waals surface area contributed by atoms with Crippen LogP contribution in [0, 0.1) is 11.8 Å². The standard InChI is InChI=1S/C22H38O/c1-7-9-11-13-15-17-21(19(3)4)23-22(20(5)6)18-16-14-12-10-8-2/h13-20H,7-12H2,1-6H3/b15-13+,16-14+,21-17+,22-18+. The molecule has 0 unspecified atom stereocenters. The second kappa shape index (κ2) is 14.4. The third kappa shape index (κ3) is 11.9. The molecule has 0 heterocycles. The molecule has 0 aromatic carbocycles. The highest BCUT2D eigenvalue weighted by Crippen LogP contribution is 2.21. The number of ether oxygens (including phenoxy) is 1. The maximum Gasteiger partial charge on any atom is 0.106 e. The Labute approximate surface area is 145 Å². The Bertz CT molecular complexity index is 356. The molecule has 1 nitrogen and oxygen atoms in total. The van der Waals surface area contributed by atoms with E-state index in [9.17, 15) is 0 Å². The van der Waals surface area contributed by atoms with Gasteiger partial charge >= 0.3 is 0 Å². The Kier molecular flexibility index (Phi) is 13.6. The molecule has 0 aromatic rings. The molecule has 0 aliphatic carbocycles. The van der Waals surface area contributed by atoms with Crippen LogP contribution in [-0.4, -0.2) is 0 Å². The number of rotatable bonds is 12. The van der Waals surface area contributed by atoms with Gasteiger partial charge in [0.1, 0.15) is 11.5 Å². The monoisotopic (exact) mass is 318 g/mol. The summed E-state index contributed by atoms with van der Waals surface area (Å²) in [6, 6.07) is 0. The first-order valence-electron chi connectivity index (χ1n) is 9.44. The summed E-state index contributed by atoms with van der Waals surface area (Å²) in [7, 11) is 0. The van der Waals surface area contributed by atoms with E-state index in [1.54, 1.807) is 0 Å². The molecule has 132 valence electrons. The average molecular weight is 319 g/mol. The van der Waals surface area contributed by atoms with Crippen LogP contribution in [0.3, 0.4) is 0 Å². The smallest absolute Gasteiger partial charge is 0.106 e. The number of hydrogen-bond acceptors (Lipinski definition) is 1. The largest absolute Gasteiger partial charge is 0.466 e. The van der Waals surface area contributed by atoms with Crippen molar-refractivity contribution in [3.8, 4) is 0 Å². The molecule has 0 aromatic heterocycles. The molecule has 0 aliphatic heterocycles. The molecule has 0 saturated carbocycles. The van der Waals surface area contributed by atoms with Gasteiger partial charge in [0, 0.05) is 11.8 Å². The van der Waals surface area contributed by atoms with E-state index in [1.165, 1.54) is 25.7 Å². The van der Waals surface area contributed by atoms with Gasteiger partial charge in [0.25, 0.3) is 0 Å². The van der Waals surface area contributed by atoms with Crippen molar-refractivity contribution in [3.05, 3.63) is 48.0 Å². The van der Waals surface area contributed by atoms with Gasteiger partial charge in [-0.15, -0.1) is 0 Å². The van der Waals surface area contributed by atoms with Gasteiger partial charge in [-0.25, -0.2) is 0 Å². The average Bonchev–Trinajstić information content (AvgIpc) is 2.51. The molecule has 1 heteroatoms. The van der Waals surface area contributed by atoms with Crippen LogP contribution in [0.2, 0.25) is 0 Å². The van der Waals surface area contributed by atoms with Crippen LogP contribution in [-0.2, 0) is 4.74 Å². The molecule has 23 heavy (non-hydrogen) atoms. The van der Waals surface area contributed by atoms with Gasteiger partial charge in [0.05, 0.1) is 0 Å². The van der Waals surface area contributed by atoms with Crippen LogP contribution in [0.25, 0.3) is 0 Å². The third-order valence-corrected chi connectivity index (χ3v) is 3.62. The molecule has 0 rings (SSSR count). The molecular weight excluding hydrogens is 280 g/mol. The fourth-order valence-electron chi connectivity index (χ4n) is 1.99. The molecule has 0 N–H and O–H groups in total. The van der Waals surface area contributed by atoms with Crippen LogP contribution in [0.5, 0.6) is 0 Å². The highest BCUT2D eigenvalue weighted by atomic mass is 16.5. The minimum atomic E-state index is 0.386. The lowest BCUT2D eigenvalue weighted by atomic mass is 10.1. The summed E-state index contributed by atoms with van der Waals surface area (Å²) in [6.07, 6.45) is 20.3. The topological polar surface area (TPSA) is 9.23 Å². The van der Waals surface area contributed by atoms with Gasteiger partial charge < -0.3 is 4.74 Å². The second-order valence-electron chi connectivity index (χ2n) is 6.69. The summed E-state index contributed by atoms with van der Waals surface area (Å²) in [5, 5.41) is 0. The minimum absolute atomic E-state index is 0.386. The van der Waals surface area contributed by atoms with E-state index in [2.05, 4.69) is 78.0 Å². The third-order valence-electron chi connectivity index (χ3n) is 3.62. The van der Waals surface area contributed by atoms with Gasteiger partial charge in [-0.2, -0.15) is 0 Å². The minimum Gasteiger partial charge on any atom is -0.466 e. The molecule has 0 spiro atoms. The molecule has 0 aliphatic rings. The molecule has 0 amide bonds. The number of hydrogen-bond donors (Lipinski definition) is 0. The van der Waals surface area contributed by atoms with Gasteiger partial charge in [0.15, 0.2) is 0 Å². The predicted octanol–water partition coefficient (Wildman–Crippen LogP) is 7.58. The van der Waals surface area contributed by atoms with E-state index in [0.29, 0.717) is 11.8 Å². The van der Waals surface area contributed by atoms with Gasteiger partial charge in [-0.1, -0.05) is 91.5 Å². The summed E-state index contributed by atoms with van der Waals surface area (Å²) in [5.41, 5.74) is 0. The Morgan fingerprint density at radius 1 is 0.739 bits per heavy atom. The maximum atomic E-state index is 6.21. The van der Waals surface area contributed by atoms with Crippen LogP contribution in [0.15, 0.2) is 48.0 Å². The highest BCUT2D eigenvalue weighted by Gasteiger charge is 2.10. The van der Waals surface area contributed by atoms with Crippen molar-refractivity contribution in [1.29, 1.82) is 0 Å². The molecule has 0 bridgehead atoms. The Balaban J connectivity index is 4.82. The second-order valence-corrected chi connectivity index (χ2v) is 6.69. The number of allylic oxidation sites excluding steroid dienone is 8. The number of unbranched alkanes of at least 4 members (excludes halogenated alkanes) is 4. The van der Waals surface area contributed by atoms with Crippen LogP contribution in [0.4, 0.5) is 0 Å². The van der Waals surface area contributed by atoms with E-state index >= 15 is 0 Å². The van der Waals surface area contributed by atoms with E-state index in [-0.39, 0.29) is 0 Å². The van der Waals surface area contributed by atoms with Crippen LogP contribution < -0.4 is 0 Å². The summed E-state index contributed by atoms with van der Waals surface area (Å²) in [5.74, 6) is 2.86. The quantitative estimate of drug-likeness (QED) is 0.205. The predicted molar refractivity (Wildman–Crippen MR) is 104 cm³/mol. The van der Waals surface area contributed by atoms with Crippen molar-refractivity contribution in [3.63, 3.8) is 0 Å². The van der Waals surface area contributed by atoms with Crippen molar-refractivity contribution in [2.75, 3.05) is 0 Å². The Hall–Kier alpha value is -1.24. The van der Waals surface area contributed by atoms with Gasteiger partial charge in [0.2, 0.25) is 0 Å². The molecular formula is C22H38O. The Morgan fingerprint density at radius 3 is 1.43 bits per heavy atom. The first-order valence-corrected chi connectivity index (χ1v) is 9.44. The van der Waals surface area contributed by atoms with Crippen molar-refractivity contribution >= 4 is 0 Å². The van der Waals surface area contributed by atoms with E-state index in [0.717, 1.165) is 24.4 Å². The Morgan fingerprint density at radius 2 is 1.13 bits per heavy atom. The van der Waals surface area contributed by atoms with Crippen molar-refractivity contribution in [1.82, 2.24) is 0 Å². The molecule has 0 fully saturated rings. The van der Waals surface area contributed by atoms with Crippen LogP contribution >= 0.6 is 0 Å². The molecule has 0 radical (unpaired) electrons. The van der Waals surface area contributed by atoms with Crippen molar-refractivity contribution in [2.24, 2.45) is 11.8 Å². The zero-order valence-corrected chi connectivity index (χ0v) is 16.3. The first-order chi connectivity index (χ1) is 11.0. The first kappa shape index (κ1) is 21.8. The van der Waals surface area contributed by atoms with Gasteiger partial charge in [-0.05, 0) is 25.0 Å². The fraction of sp³-hybridized carbons (Fsp3) is 0.636. The lowest BCUT2D eigenvalue weighted by molar-refractivity contribution is 0.235. The lowest BCUT2D eigenvalue weighted by Crippen LogP contribution is -2.04. The van der Waals surface area contributed by atoms with E-state index in [4.69, 9.17) is 4.74 Å². The fourth-order valence-corrected chi connectivity index (χ4v) is 1.99. The van der Waals surface area contributed by atoms with Crippen molar-refractivity contribution in [2.45, 2.75) is 80.1 Å². The molecule has 0 saturated heterocycles. The maximum absolute atomic E-state index is 6.21. The van der Waals surface area contributed by atoms with Gasteiger partial charge in [-0.3, -0.25) is 0 Å². The van der Waals surface area contributed by atoms with E-state index in [1.807, 2.05) is 0 Å². The van der Waals surface area contributed by atoms with Crippen LogP contribution in [0.1, 0.15) is 80.1 Å². The highest BCUT2D eigenvalue weighted by molar-refractivity contribution is 5.15. The normalized spacial score (nSPS) is 13.9. The lowest BCUT2D eigenvalue weighted by Gasteiger charge is -2.18. The zero-order chi connectivity index (χ0) is 17.5. The summed E-state index contributed by atoms with van der Waals surface area (Å²) in [4.78, 5) is 0. The summed E-state index contributed by atoms with van der Waals surface area (Å²) in [6.45, 7) is 13.2. The summed E-state index contributed by atoms with van der Waals surface area (Å²) < 4.78 is 6.21. The summed E-state index contributed by atoms with van der Waals surface area (Å²) >= 11 is 0. The zero-order valence-electron chi connectivity index (χ0n) is 16.3. The molecule has 0 atom stereocenters.